The van der Waals surface area contributed by atoms with E-state index in [-0.39, 0.29) is 17.5 Å². The van der Waals surface area contributed by atoms with Crippen molar-refractivity contribution in [1.82, 2.24) is 15.2 Å². The smallest absolute Gasteiger partial charge is 0.247 e. The first kappa shape index (κ1) is 17.4. The molecule has 0 spiro atoms. The lowest BCUT2D eigenvalue weighted by Gasteiger charge is -2.26. The van der Waals surface area contributed by atoms with E-state index in [4.69, 9.17) is 4.74 Å². The molecule has 1 saturated heterocycles. The summed E-state index contributed by atoms with van der Waals surface area (Å²) in [5.74, 6) is 1.98. The van der Waals surface area contributed by atoms with Crippen molar-refractivity contribution < 1.29 is 13.2 Å². The number of methoxy groups -OCH3 is 1. The van der Waals surface area contributed by atoms with E-state index in [9.17, 15) is 8.42 Å². The Morgan fingerprint density at radius 1 is 1.36 bits per heavy atom. The molecule has 25 heavy (non-hydrogen) atoms. The molecule has 1 atom stereocenters. The minimum Gasteiger partial charge on any atom is -0.495 e. The van der Waals surface area contributed by atoms with Crippen LogP contribution in [0.15, 0.2) is 30.5 Å². The molecule has 1 N–H and O–H groups in total. The fourth-order valence-corrected chi connectivity index (χ4v) is 4.68. The Kier molecular flexibility index (Phi) is 5.03. The maximum Gasteiger partial charge on any atom is 0.247 e. The Labute approximate surface area is 147 Å². The van der Waals surface area contributed by atoms with Crippen LogP contribution >= 0.6 is 0 Å². The van der Waals surface area contributed by atoms with Crippen LogP contribution < -0.4 is 15.0 Å². The van der Waals surface area contributed by atoms with E-state index >= 15 is 0 Å². The van der Waals surface area contributed by atoms with Crippen LogP contribution in [0.5, 0.6) is 5.75 Å². The van der Waals surface area contributed by atoms with Crippen molar-refractivity contribution in [2.45, 2.75) is 19.4 Å². The molecule has 3 rings (SSSR count). The van der Waals surface area contributed by atoms with E-state index in [1.54, 1.807) is 7.11 Å². The molecule has 8 nitrogen and oxygen atoms in total. The van der Waals surface area contributed by atoms with Crippen LogP contribution in [0.2, 0.25) is 0 Å². The van der Waals surface area contributed by atoms with E-state index < -0.39 is 9.84 Å². The van der Waals surface area contributed by atoms with Gasteiger partial charge >= 0.3 is 0 Å². The maximum absolute atomic E-state index is 11.8. The molecule has 0 saturated carbocycles. The van der Waals surface area contributed by atoms with Gasteiger partial charge in [0.2, 0.25) is 5.95 Å². The van der Waals surface area contributed by atoms with Crippen molar-refractivity contribution in [1.29, 1.82) is 0 Å². The summed E-state index contributed by atoms with van der Waals surface area (Å²) in [6, 6.07) is 7.38. The summed E-state index contributed by atoms with van der Waals surface area (Å²) in [6.07, 6.45) is 2.11. The molecule has 0 bridgehead atoms. The zero-order valence-corrected chi connectivity index (χ0v) is 15.0. The summed E-state index contributed by atoms with van der Waals surface area (Å²) in [5.41, 5.74) is 0.767. The van der Waals surface area contributed by atoms with E-state index in [2.05, 4.69) is 20.5 Å². The largest absolute Gasteiger partial charge is 0.495 e. The molecule has 1 aromatic heterocycles. The molecule has 0 radical (unpaired) electrons. The number of rotatable bonds is 6. The van der Waals surface area contributed by atoms with Gasteiger partial charge in [-0.05, 0) is 25.5 Å². The van der Waals surface area contributed by atoms with Crippen molar-refractivity contribution in [3.63, 3.8) is 0 Å². The summed E-state index contributed by atoms with van der Waals surface area (Å²) in [7, 11) is -1.38. The number of nitrogens with one attached hydrogen (secondary N) is 1. The van der Waals surface area contributed by atoms with Crippen LogP contribution in [0.4, 0.5) is 17.5 Å². The number of aromatic nitrogens is 3. The second kappa shape index (κ2) is 7.22. The third-order valence-electron chi connectivity index (χ3n) is 4.16. The molecular weight excluding hydrogens is 342 g/mol. The summed E-state index contributed by atoms with van der Waals surface area (Å²) in [4.78, 5) is 6.39. The zero-order chi connectivity index (χ0) is 17.9. The molecule has 0 amide bonds. The van der Waals surface area contributed by atoms with Gasteiger partial charge in [0.05, 0.1) is 30.5 Å². The second-order valence-electron chi connectivity index (χ2n) is 5.81. The number of hydrogen-bond acceptors (Lipinski definition) is 8. The second-order valence-corrected chi connectivity index (χ2v) is 8.04. The highest BCUT2D eigenvalue weighted by molar-refractivity contribution is 7.91. The van der Waals surface area contributed by atoms with Gasteiger partial charge in [-0.15, -0.1) is 5.10 Å². The number of sulfone groups is 1. The molecule has 0 aliphatic carbocycles. The molecule has 1 fully saturated rings. The van der Waals surface area contributed by atoms with Crippen molar-refractivity contribution >= 4 is 27.3 Å². The number of nitrogens with zero attached hydrogens (tertiary/aromatic N) is 4. The summed E-state index contributed by atoms with van der Waals surface area (Å²) in [5, 5.41) is 11.3. The van der Waals surface area contributed by atoms with Gasteiger partial charge in [0, 0.05) is 12.6 Å². The van der Waals surface area contributed by atoms with E-state index in [1.165, 1.54) is 6.20 Å². The Hall–Kier alpha value is -2.42. The van der Waals surface area contributed by atoms with Gasteiger partial charge in [0.1, 0.15) is 5.75 Å². The fourth-order valence-electron chi connectivity index (χ4n) is 2.95. The predicted octanol–water partition coefficient (Wildman–Crippen LogP) is 1.64. The van der Waals surface area contributed by atoms with Gasteiger partial charge < -0.3 is 15.0 Å². The van der Waals surface area contributed by atoms with Crippen LogP contribution in [0.3, 0.4) is 0 Å². The minimum atomic E-state index is -2.98. The number of anilines is 3. The van der Waals surface area contributed by atoms with Crippen molar-refractivity contribution in [2.75, 3.05) is 35.4 Å². The number of benzene rings is 1. The van der Waals surface area contributed by atoms with Crippen LogP contribution in [-0.2, 0) is 9.84 Å². The quantitative estimate of drug-likeness (QED) is 0.827. The van der Waals surface area contributed by atoms with Gasteiger partial charge in [-0.3, -0.25) is 0 Å². The highest BCUT2D eigenvalue weighted by Gasteiger charge is 2.33. The average molecular weight is 363 g/mol. The summed E-state index contributed by atoms with van der Waals surface area (Å²) < 4.78 is 28.8. The lowest BCUT2D eigenvalue weighted by Crippen LogP contribution is -2.37. The fraction of sp³-hybridized carbons (Fsp3) is 0.438. The highest BCUT2D eigenvalue weighted by Crippen LogP contribution is 2.27. The first-order valence-electron chi connectivity index (χ1n) is 8.09. The lowest BCUT2D eigenvalue weighted by molar-refractivity contribution is 0.417. The van der Waals surface area contributed by atoms with Crippen LogP contribution in [-0.4, -0.2) is 54.8 Å². The minimum absolute atomic E-state index is 0.113. The van der Waals surface area contributed by atoms with Crippen molar-refractivity contribution in [3.05, 3.63) is 30.5 Å². The van der Waals surface area contributed by atoms with E-state index in [0.29, 0.717) is 30.5 Å². The number of ether oxygens (including phenoxy) is 1. The van der Waals surface area contributed by atoms with Gasteiger partial charge in [-0.2, -0.15) is 10.1 Å². The number of para-hydroxylation sites is 2. The first-order valence-corrected chi connectivity index (χ1v) is 9.91. The Balaban J connectivity index is 1.83. The van der Waals surface area contributed by atoms with Gasteiger partial charge in [-0.25, -0.2) is 8.42 Å². The lowest BCUT2D eigenvalue weighted by atomic mass is 10.2. The average Bonchev–Trinajstić information content (AvgIpc) is 2.96. The summed E-state index contributed by atoms with van der Waals surface area (Å²) >= 11 is 0. The molecule has 2 heterocycles. The van der Waals surface area contributed by atoms with Gasteiger partial charge in [-0.1, -0.05) is 12.1 Å². The molecule has 2 aromatic rings. The van der Waals surface area contributed by atoms with Gasteiger partial charge in [0.25, 0.3) is 0 Å². The van der Waals surface area contributed by atoms with E-state index in [0.717, 1.165) is 5.69 Å². The summed E-state index contributed by atoms with van der Waals surface area (Å²) in [6.45, 7) is 2.56. The Morgan fingerprint density at radius 2 is 2.16 bits per heavy atom. The molecule has 1 aliphatic heterocycles. The SMILES string of the molecule is CCN(c1nncc(Nc2ccccc2OC)n1)C1CCS(=O)(=O)C1. The topological polar surface area (TPSA) is 97.3 Å². The third kappa shape index (κ3) is 3.98. The molecule has 9 heteroatoms. The van der Waals surface area contributed by atoms with Crippen LogP contribution in [0, 0.1) is 0 Å². The Morgan fingerprint density at radius 3 is 2.84 bits per heavy atom. The Bertz CT molecular complexity index is 843. The van der Waals surface area contributed by atoms with Crippen LogP contribution in [0.1, 0.15) is 13.3 Å². The molecule has 1 aromatic carbocycles. The normalized spacial score (nSPS) is 18.7. The zero-order valence-electron chi connectivity index (χ0n) is 14.2. The number of hydrogen-bond donors (Lipinski definition) is 1. The van der Waals surface area contributed by atoms with Crippen molar-refractivity contribution in [2.24, 2.45) is 0 Å². The van der Waals surface area contributed by atoms with E-state index in [1.807, 2.05) is 36.1 Å². The molecule has 1 aliphatic rings. The molecular formula is C16H21N5O3S. The maximum atomic E-state index is 11.8. The third-order valence-corrected chi connectivity index (χ3v) is 5.91. The standard InChI is InChI=1S/C16H21N5O3S/c1-3-21(12-8-9-25(22,23)11-12)16-19-15(10-17-20-16)18-13-6-4-5-7-14(13)24-2/h4-7,10,12H,3,8-9,11H2,1-2H3,(H,18,19,20). The molecule has 134 valence electrons. The monoisotopic (exact) mass is 363 g/mol. The first-order chi connectivity index (χ1) is 12.0. The van der Waals surface area contributed by atoms with Crippen LogP contribution in [0.25, 0.3) is 0 Å². The predicted molar refractivity (Wildman–Crippen MR) is 96.2 cm³/mol. The molecule has 1 unspecified atom stereocenters. The van der Waals surface area contributed by atoms with Gasteiger partial charge in [0.15, 0.2) is 15.7 Å². The van der Waals surface area contributed by atoms with Crippen molar-refractivity contribution in [3.8, 4) is 5.75 Å². The highest BCUT2D eigenvalue weighted by atomic mass is 32.2.